The Bertz CT molecular complexity index is 414. The van der Waals surface area contributed by atoms with E-state index in [1.54, 1.807) is 0 Å². The summed E-state index contributed by atoms with van der Waals surface area (Å²) in [6, 6.07) is 0. The average molecular weight is 370 g/mol. The average Bonchev–Trinajstić information content (AvgIpc) is 2.53. The van der Waals surface area contributed by atoms with Crippen LogP contribution in [0.3, 0.4) is 0 Å². The fraction of sp³-hybridized carbons (Fsp3) is 0.909. The first-order valence-electron chi connectivity index (χ1n) is 10.6. The molecular formula is C22H43NO3. The van der Waals surface area contributed by atoms with Gasteiger partial charge >= 0.3 is 5.97 Å². The molecule has 0 aliphatic heterocycles. The second kappa shape index (κ2) is 12.3. The van der Waals surface area contributed by atoms with Crippen molar-refractivity contribution < 1.29 is 14.7 Å². The number of hydrogen-bond acceptors (Lipinski definition) is 2. The normalized spacial score (nSPS) is 15.3. The summed E-state index contributed by atoms with van der Waals surface area (Å²) in [6.45, 7) is 12.0. The largest absolute Gasteiger partial charge is 0.481 e. The SMILES string of the molecule is CCCCCCCCCCC(CC(=O)NC(C)(C)C)(C(=O)O)C(C)CC. The van der Waals surface area contributed by atoms with Crippen molar-refractivity contribution in [3.8, 4) is 0 Å². The van der Waals surface area contributed by atoms with Crippen LogP contribution in [0.2, 0.25) is 0 Å². The number of carbonyl (C=O) groups excluding carboxylic acids is 1. The van der Waals surface area contributed by atoms with Crippen LogP contribution in [-0.2, 0) is 9.59 Å². The highest BCUT2D eigenvalue weighted by Crippen LogP contribution is 2.40. The second-order valence-electron chi connectivity index (χ2n) is 8.97. The van der Waals surface area contributed by atoms with Gasteiger partial charge in [-0.2, -0.15) is 0 Å². The lowest BCUT2D eigenvalue weighted by atomic mass is 9.68. The van der Waals surface area contributed by atoms with Gasteiger partial charge in [-0.3, -0.25) is 9.59 Å². The third-order valence-electron chi connectivity index (χ3n) is 5.45. The maximum atomic E-state index is 12.5. The van der Waals surface area contributed by atoms with Crippen molar-refractivity contribution >= 4 is 11.9 Å². The molecule has 4 nitrogen and oxygen atoms in total. The van der Waals surface area contributed by atoms with Gasteiger partial charge in [0.1, 0.15) is 0 Å². The fourth-order valence-electron chi connectivity index (χ4n) is 3.62. The van der Waals surface area contributed by atoms with Gasteiger partial charge in [0.05, 0.1) is 5.41 Å². The molecular weight excluding hydrogens is 326 g/mol. The summed E-state index contributed by atoms with van der Waals surface area (Å²) in [4.78, 5) is 24.6. The molecule has 0 saturated heterocycles. The van der Waals surface area contributed by atoms with Crippen LogP contribution in [-0.4, -0.2) is 22.5 Å². The minimum atomic E-state index is -0.952. The number of aliphatic carboxylic acids is 1. The van der Waals surface area contributed by atoms with Crippen LogP contribution in [0, 0.1) is 11.3 Å². The van der Waals surface area contributed by atoms with Crippen LogP contribution in [0.5, 0.6) is 0 Å². The summed E-state index contributed by atoms with van der Waals surface area (Å²) in [5.74, 6) is -0.992. The lowest BCUT2D eigenvalue weighted by Gasteiger charge is -2.35. The Morgan fingerprint density at radius 1 is 0.923 bits per heavy atom. The standard InChI is InChI=1S/C22H43NO3/c1-7-9-10-11-12-13-14-15-16-22(20(25)26,18(3)8-2)17-19(24)23-21(4,5)6/h18H,7-17H2,1-6H3,(H,23,24)(H,25,26). The molecule has 0 saturated carbocycles. The van der Waals surface area contributed by atoms with E-state index in [4.69, 9.17) is 0 Å². The predicted molar refractivity (Wildman–Crippen MR) is 109 cm³/mol. The molecule has 2 unspecified atom stereocenters. The van der Waals surface area contributed by atoms with Crippen molar-refractivity contribution in [1.82, 2.24) is 5.32 Å². The van der Waals surface area contributed by atoms with E-state index in [9.17, 15) is 14.7 Å². The number of hydrogen-bond donors (Lipinski definition) is 2. The van der Waals surface area contributed by atoms with E-state index in [1.165, 1.54) is 32.1 Å². The van der Waals surface area contributed by atoms with Crippen LogP contribution in [0.4, 0.5) is 0 Å². The Kier molecular flexibility index (Phi) is 11.8. The van der Waals surface area contributed by atoms with Crippen LogP contribution in [0.25, 0.3) is 0 Å². The van der Waals surface area contributed by atoms with E-state index in [2.05, 4.69) is 12.2 Å². The Morgan fingerprint density at radius 2 is 1.42 bits per heavy atom. The summed E-state index contributed by atoms with van der Waals surface area (Å²) in [5.41, 5.74) is -1.29. The van der Waals surface area contributed by atoms with Gasteiger partial charge < -0.3 is 10.4 Å². The molecule has 0 spiro atoms. The smallest absolute Gasteiger partial charge is 0.310 e. The number of carboxylic acids is 1. The van der Waals surface area contributed by atoms with Gasteiger partial charge in [-0.15, -0.1) is 0 Å². The molecule has 0 fully saturated rings. The summed E-state index contributed by atoms with van der Waals surface area (Å²) in [7, 11) is 0. The molecule has 0 rings (SSSR count). The maximum Gasteiger partial charge on any atom is 0.310 e. The van der Waals surface area contributed by atoms with Crippen molar-refractivity contribution in [2.75, 3.05) is 0 Å². The van der Waals surface area contributed by atoms with E-state index in [0.717, 1.165) is 25.7 Å². The number of nitrogens with one attached hydrogen (secondary N) is 1. The molecule has 0 aromatic rings. The third-order valence-corrected chi connectivity index (χ3v) is 5.45. The summed E-state index contributed by atoms with van der Waals surface area (Å²) in [6.07, 6.45) is 10.9. The molecule has 2 atom stereocenters. The van der Waals surface area contributed by atoms with Crippen LogP contribution >= 0.6 is 0 Å². The Hall–Kier alpha value is -1.06. The molecule has 26 heavy (non-hydrogen) atoms. The van der Waals surface area contributed by atoms with E-state index in [1.807, 2.05) is 34.6 Å². The summed E-state index contributed by atoms with van der Waals surface area (Å²) >= 11 is 0. The number of rotatable bonds is 14. The van der Waals surface area contributed by atoms with Crippen molar-refractivity contribution in [3.05, 3.63) is 0 Å². The van der Waals surface area contributed by atoms with Crippen molar-refractivity contribution in [2.24, 2.45) is 11.3 Å². The highest BCUT2D eigenvalue weighted by atomic mass is 16.4. The fourth-order valence-corrected chi connectivity index (χ4v) is 3.62. The van der Waals surface area contributed by atoms with Gasteiger partial charge in [0.15, 0.2) is 0 Å². The Balaban J connectivity index is 4.74. The summed E-state index contributed by atoms with van der Waals surface area (Å²) in [5, 5.41) is 12.9. The van der Waals surface area contributed by atoms with E-state index >= 15 is 0 Å². The van der Waals surface area contributed by atoms with Crippen molar-refractivity contribution in [2.45, 2.75) is 118 Å². The molecule has 2 N–H and O–H groups in total. The number of amides is 1. The van der Waals surface area contributed by atoms with Crippen molar-refractivity contribution in [3.63, 3.8) is 0 Å². The number of unbranched alkanes of at least 4 members (excludes halogenated alkanes) is 7. The molecule has 0 aromatic heterocycles. The summed E-state index contributed by atoms with van der Waals surface area (Å²) < 4.78 is 0. The molecule has 0 heterocycles. The van der Waals surface area contributed by atoms with Gasteiger partial charge in [-0.25, -0.2) is 0 Å². The molecule has 0 aliphatic rings. The first-order chi connectivity index (χ1) is 12.1. The lowest BCUT2D eigenvalue weighted by Crippen LogP contribution is -2.47. The Morgan fingerprint density at radius 3 is 1.85 bits per heavy atom. The van der Waals surface area contributed by atoms with Gasteiger partial charge in [-0.05, 0) is 33.1 Å². The van der Waals surface area contributed by atoms with Gasteiger partial charge in [0.2, 0.25) is 5.91 Å². The zero-order chi connectivity index (χ0) is 20.2. The highest BCUT2D eigenvalue weighted by molar-refractivity contribution is 5.85. The lowest BCUT2D eigenvalue weighted by molar-refractivity contribution is -0.156. The minimum absolute atomic E-state index is 0.0183. The minimum Gasteiger partial charge on any atom is -0.481 e. The van der Waals surface area contributed by atoms with Crippen LogP contribution in [0.15, 0.2) is 0 Å². The highest BCUT2D eigenvalue weighted by Gasteiger charge is 2.44. The Labute approximate surface area is 161 Å². The molecule has 0 bridgehead atoms. The third kappa shape index (κ3) is 9.59. The van der Waals surface area contributed by atoms with Crippen LogP contribution < -0.4 is 5.32 Å². The second-order valence-corrected chi connectivity index (χ2v) is 8.97. The zero-order valence-electron chi connectivity index (χ0n) is 18.1. The molecule has 0 aromatic carbocycles. The molecule has 154 valence electrons. The topological polar surface area (TPSA) is 66.4 Å². The van der Waals surface area contributed by atoms with E-state index < -0.39 is 11.4 Å². The molecule has 4 heteroatoms. The molecule has 0 aliphatic carbocycles. The van der Waals surface area contributed by atoms with Gasteiger partial charge in [-0.1, -0.05) is 78.6 Å². The number of carbonyl (C=O) groups is 2. The monoisotopic (exact) mass is 369 g/mol. The quantitative estimate of drug-likeness (QED) is 0.372. The van der Waals surface area contributed by atoms with Gasteiger partial charge in [0.25, 0.3) is 0 Å². The maximum absolute atomic E-state index is 12.5. The number of carboxylic acid groups (broad SMARTS) is 1. The predicted octanol–water partition coefficient (Wildman–Crippen LogP) is 5.94. The zero-order valence-corrected chi connectivity index (χ0v) is 18.1. The van der Waals surface area contributed by atoms with E-state index in [0.29, 0.717) is 6.42 Å². The molecule has 1 amide bonds. The van der Waals surface area contributed by atoms with Gasteiger partial charge in [0, 0.05) is 12.0 Å². The van der Waals surface area contributed by atoms with Crippen LogP contribution in [0.1, 0.15) is 112 Å². The van der Waals surface area contributed by atoms with Crippen molar-refractivity contribution in [1.29, 1.82) is 0 Å². The first kappa shape index (κ1) is 24.9. The first-order valence-corrected chi connectivity index (χ1v) is 10.6. The van der Waals surface area contributed by atoms with E-state index in [-0.39, 0.29) is 23.8 Å². The molecule has 0 radical (unpaired) electrons.